The van der Waals surface area contributed by atoms with Gasteiger partial charge in [-0.1, -0.05) is 26.0 Å². The van der Waals surface area contributed by atoms with E-state index in [1.165, 1.54) is 14.2 Å². The van der Waals surface area contributed by atoms with Gasteiger partial charge >= 0.3 is 5.97 Å². The maximum atomic E-state index is 12.3. The molecule has 0 amide bonds. The third kappa shape index (κ3) is 3.09. The lowest BCUT2D eigenvalue weighted by atomic mass is 9.88. The number of Topliss-reactive ketones (excluding diaryl/α,β-unsaturated/α-hetero) is 1. The molecule has 98 valence electrons. The van der Waals surface area contributed by atoms with Crippen LogP contribution >= 0.6 is 0 Å². The first-order valence-corrected chi connectivity index (χ1v) is 5.77. The molecule has 1 aromatic carbocycles. The minimum Gasteiger partial charge on any atom is -0.497 e. The fourth-order valence-electron chi connectivity index (χ4n) is 1.76. The minimum absolute atomic E-state index is 0.115. The number of carbonyl (C=O) groups excluding carboxylic acids is 2. The Morgan fingerprint density at radius 1 is 1.17 bits per heavy atom. The van der Waals surface area contributed by atoms with Crippen molar-refractivity contribution in [2.75, 3.05) is 14.2 Å². The van der Waals surface area contributed by atoms with E-state index in [0.29, 0.717) is 11.3 Å². The van der Waals surface area contributed by atoms with E-state index >= 15 is 0 Å². The molecular formula is C14H18O4. The van der Waals surface area contributed by atoms with Crippen LogP contribution in [0.3, 0.4) is 0 Å². The van der Waals surface area contributed by atoms with Gasteiger partial charge in [-0.3, -0.25) is 9.59 Å². The van der Waals surface area contributed by atoms with E-state index in [9.17, 15) is 9.59 Å². The highest BCUT2D eigenvalue weighted by molar-refractivity contribution is 6.09. The standard InChI is InChI=1S/C14H18O4/c1-9(2)12(14(16)18-4)13(15)10-6-5-7-11(8-10)17-3/h5-9,12H,1-4H3. The van der Waals surface area contributed by atoms with Crippen molar-refractivity contribution in [3.05, 3.63) is 29.8 Å². The van der Waals surface area contributed by atoms with Gasteiger partial charge in [-0.25, -0.2) is 0 Å². The average molecular weight is 250 g/mol. The largest absolute Gasteiger partial charge is 0.497 e. The van der Waals surface area contributed by atoms with Gasteiger partial charge in [0.05, 0.1) is 14.2 Å². The van der Waals surface area contributed by atoms with Crippen LogP contribution in [-0.2, 0) is 9.53 Å². The highest BCUT2D eigenvalue weighted by Crippen LogP contribution is 2.21. The quantitative estimate of drug-likeness (QED) is 0.457. The van der Waals surface area contributed by atoms with Crippen LogP contribution in [0.2, 0.25) is 0 Å². The SMILES string of the molecule is COC(=O)C(C(=O)c1cccc(OC)c1)C(C)C. The van der Waals surface area contributed by atoms with E-state index in [2.05, 4.69) is 4.74 Å². The summed E-state index contributed by atoms with van der Waals surface area (Å²) in [4.78, 5) is 23.9. The smallest absolute Gasteiger partial charge is 0.316 e. The van der Waals surface area contributed by atoms with Crippen LogP contribution in [0.25, 0.3) is 0 Å². The molecule has 0 aromatic heterocycles. The summed E-state index contributed by atoms with van der Waals surface area (Å²) in [6, 6.07) is 6.77. The number of methoxy groups -OCH3 is 2. The molecule has 0 heterocycles. The number of ketones is 1. The Hall–Kier alpha value is -1.84. The monoisotopic (exact) mass is 250 g/mol. The molecule has 0 saturated carbocycles. The first-order chi connectivity index (χ1) is 8.51. The lowest BCUT2D eigenvalue weighted by Gasteiger charge is -2.17. The number of hydrogen-bond donors (Lipinski definition) is 0. The van der Waals surface area contributed by atoms with Gasteiger partial charge in [0.15, 0.2) is 5.78 Å². The minimum atomic E-state index is -0.776. The first-order valence-electron chi connectivity index (χ1n) is 5.77. The van der Waals surface area contributed by atoms with E-state index < -0.39 is 11.9 Å². The van der Waals surface area contributed by atoms with Crippen molar-refractivity contribution in [1.82, 2.24) is 0 Å². The molecule has 4 nitrogen and oxygen atoms in total. The predicted octanol–water partition coefficient (Wildman–Crippen LogP) is 2.32. The topological polar surface area (TPSA) is 52.6 Å². The Bertz CT molecular complexity index is 437. The van der Waals surface area contributed by atoms with Crippen LogP contribution in [0, 0.1) is 11.8 Å². The fourth-order valence-corrected chi connectivity index (χ4v) is 1.76. The molecule has 4 heteroatoms. The van der Waals surface area contributed by atoms with Crippen LogP contribution in [0.15, 0.2) is 24.3 Å². The van der Waals surface area contributed by atoms with Crippen molar-refractivity contribution in [2.45, 2.75) is 13.8 Å². The lowest BCUT2D eigenvalue weighted by molar-refractivity contribution is -0.144. The Kier molecular flexibility index (Phi) is 4.89. The normalized spacial score (nSPS) is 12.1. The molecule has 1 rings (SSSR count). The Morgan fingerprint density at radius 3 is 2.33 bits per heavy atom. The maximum Gasteiger partial charge on any atom is 0.316 e. The van der Waals surface area contributed by atoms with Crippen molar-refractivity contribution in [3.8, 4) is 5.75 Å². The maximum absolute atomic E-state index is 12.3. The highest BCUT2D eigenvalue weighted by atomic mass is 16.5. The van der Waals surface area contributed by atoms with Crippen LogP contribution in [0.1, 0.15) is 24.2 Å². The summed E-state index contributed by atoms with van der Waals surface area (Å²) in [5.74, 6) is -1.04. The molecule has 1 aromatic rings. The summed E-state index contributed by atoms with van der Waals surface area (Å²) in [6.45, 7) is 3.64. The van der Waals surface area contributed by atoms with Gasteiger partial charge in [-0.2, -0.15) is 0 Å². The van der Waals surface area contributed by atoms with E-state index in [1.807, 2.05) is 13.8 Å². The Morgan fingerprint density at radius 2 is 1.83 bits per heavy atom. The Labute approximate surface area is 107 Å². The second kappa shape index (κ2) is 6.19. The van der Waals surface area contributed by atoms with Gasteiger partial charge in [0, 0.05) is 5.56 Å². The average Bonchev–Trinajstić information content (AvgIpc) is 2.38. The van der Waals surface area contributed by atoms with Gasteiger partial charge < -0.3 is 9.47 Å². The number of ether oxygens (including phenoxy) is 2. The van der Waals surface area contributed by atoms with Crippen LogP contribution in [0.4, 0.5) is 0 Å². The molecule has 0 N–H and O–H groups in total. The summed E-state index contributed by atoms with van der Waals surface area (Å²) >= 11 is 0. The zero-order valence-electron chi connectivity index (χ0n) is 11.1. The molecule has 0 bridgehead atoms. The van der Waals surface area contributed by atoms with Crippen molar-refractivity contribution in [1.29, 1.82) is 0 Å². The van der Waals surface area contributed by atoms with E-state index in [4.69, 9.17) is 4.74 Å². The van der Waals surface area contributed by atoms with Crippen molar-refractivity contribution >= 4 is 11.8 Å². The summed E-state index contributed by atoms with van der Waals surface area (Å²) in [5.41, 5.74) is 0.457. The Balaban J connectivity index is 3.05. The molecular weight excluding hydrogens is 232 g/mol. The molecule has 0 saturated heterocycles. The second-order valence-corrected chi connectivity index (χ2v) is 4.34. The molecule has 18 heavy (non-hydrogen) atoms. The van der Waals surface area contributed by atoms with Gasteiger partial charge in [-0.05, 0) is 18.1 Å². The van der Waals surface area contributed by atoms with Gasteiger partial charge in [0.1, 0.15) is 11.7 Å². The van der Waals surface area contributed by atoms with Gasteiger partial charge in [0.2, 0.25) is 0 Å². The molecule has 1 atom stereocenters. The summed E-state index contributed by atoms with van der Waals surface area (Å²) < 4.78 is 9.75. The van der Waals surface area contributed by atoms with Crippen LogP contribution in [-0.4, -0.2) is 26.0 Å². The van der Waals surface area contributed by atoms with Gasteiger partial charge in [0.25, 0.3) is 0 Å². The number of carbonyl (C=O) groups is 2. The van der Waals surface area contributed by atoms with Gasteiger partial charge in [-0.15, -0.1) is 0 Å². The zero-order chi connectivity index (χ0) is 13.7. The third-order valence-electron chi connectivity index (χ3n) is 2.76. The zero-order valence-corrected chi connectivity index (χ0v) is 11.1. The molecule has 0 spiro atoms. The summed E-state index contributed by atoms with van der Waals surface area (Å²) in [6.07, 6.45) is 0. The molecule has 0 aliphatic heterocycles. The molecule has 0 aliphatic rings. The molecule has 0 radical (unpaired) electrons. The summed E-state index contributed by atoms with van der Waals surface area (Å²) in [7, 11) is 2.82. The fraction of sp³-hybridized carbons (Fsp3) is 0.429. The first kappa shape index (κ1) is 14.2. The van der Waals surface area contributed by atoms with Crippen LogP contribution in [0.5, 0.6) is 5.75 Å². The van der Waals surface area contributed by atoms with E-state index in [0.717, 1.165) is 0 Å². The highest BCUT2D eigenvalue weighted by Gasteiger charge is 2.31. The number of rotatable bonds is 5. The molecule has 0 aliphatic carbocycles. The third-order valence-corrected chi connectivity index (χ3v) is 2.76. The van der Waals surface area contributed by atoms with E-state index in [1.54, 1.807) is 24.3 Å². The summed E-state index contributed by atoms with van der Waals surface area (Å²) in [5, 5.41) is 0. The number of hydrogen-bond acceptors (Lipinski definition) is 4. The number of benzene rings is 1. The van der Waals surface area contributed by atoms with Crippen molar-refractivity contribution < 1.29 is 19.1 Å². The molecule has 0 fully saturated rings. The van der Waals surface area contributed by atoms with Crippen molar-refractivity contribution in [2.24, 2.45) is 11.8 Å². The lowest BCUT2D eigenvalue weighted by Crippen LogP contribution is -2.30. The van der Waals surface area contributed by atoms with E-state index in [-0.39, 0.29) is 11.7 Å². The van der Waals surface area contributed by atoms with Crippen molar-refractivity contribution in [3.63, 3.8) is 0 Å². The van der Waals surface area contributed by atoms with Crippen LogP contribution < -0.4 is 4.74 Å². The second-order valence-electron chi connectivity index (χ2n) is 4.34. The number of esters is 1. The molecule has 1 unspecified atom stereocenters. The predicted molar refractivity (Wildman–Crippen MR) is 67.7 cm³/mol.